The highest BCUT2D eigenvalue weighted by Crippen LogP contribution is 2.40. The first kappa shape index (κ1) is 25.4. The maximum atomic E-state index is 13.6. The van der Waals surface area contributed by atoms with Crippen molar-refractivity contribution in [2.45, 2.75) is 57.5 Å². The number of nitrogens with one attached hydrogen (secondary N) is 2. The van der Waals surface area contributed by atoms with Gasteiger partial charge in [-0.05, 0) is 20.3 Å². The zero-order chi connectivity index (χ0) is 21.9. The zero-order valence-electron chi connectivity index (χ0n) is 17.6. The van der Waals surface area contributed by atoms with E-state index < -0.39 is 24.0 Å². The van der Waals surface area contributed by atoms with Gasteiger partial charge in [0.1, 0.15) is 17.5 Å². The number of guanidine groups is 1. The number of aryl methyl sites for hydroxylation is 3. The average Bonchev–Trinajstić information content (AvgIpc) is 3.25. The zero-order valence-corrected chi connectivity index (χ0v) is 20.0. The molecule has 0 saturated carbocycles. The minimum Gasteiger partial charge on any atom is -0.374 e. The minimum atomic E-state index is -4.88. The molecule has 2 aromatic rings. The van der Waals surface area contributed by atoms with Crippen molar-refractivity contribution in [3.63, 3.8) is 0 Å². The molecule has 13 heteroatoms. The third-order valence-corrected chi connectivity index (χ3v) is 5.05. The van der Waals surface area contributed by atoms with Crippen LogP contribution in [0.4, 0.5) is 13.2 Å². The monoisotopic (exact) mass is 556 g/mol. The summed E-state index contributed by atoms with van der Waals surface area (Å²) in [7, 11) is 1.41. The van der Waals surface area contributed by atoms with Gasteiger partial charge in [0, 0.05) is 51.4 Å². The lowest BCUT2D eigenvalue weighted by Crippen LogP contribution is -2.48. The van der Waals surface area contributed by atoms with Gasteiger partial charge in [0.05, 0.1) is 6.54 Å². The Morgan fingerprint density at radius 2 is 2.13 bits per heavy atom. The number of hydrogen-bond donors (Lipinski definition) is 3. The number of nitrogens with zero attached hydrogens (tertiary/aromatic N) is 6. The first-order chi connectivity index (χ1) is 14.1. The van der Waals surface area contributed by atoms with Gasteiger partial charge in [0.2, 0.25) is 5.60 Å². The van der Waals surface area contributed by atoms with Crippen molar-refractivity contribution in [1.29, 1.82) is 0 Å². The standard InChI is InChI=1S/C18H27F3N8O.HI/c1-4-22-16(26-13-5-6-14-25-12(2)27-29(14)11-13)24-8-7-17(30,18(19,20)21)15-23-9-10-28(15)3;/h9-10,13,30H,4-8,11H2,1-3H3,(H2,22,24,26);1H. The number of aliphatic hydroxyl groups is 1. The molecule has 9 nitrogen and oxygen atoms in total. The number of alkyl halides is 3. The molecule has 0 saturated heterocycles. The molecule has 0 radical (unpaired) electrons. The molecule has 2 unspecified atom stereocenters. The first-order valence-electron chi connectivity index (χ1n) is 9.86. The maximum absolute atomic E-state index is 13.6. The van der Waals surface area contributed by atoms with Crippen LogP contribution in [0.15, 0.2) is 17.4 Å². The van der Waals surface area contributed by atoms with Gasteiger partial charge in [-0.15, -0.1) is 24.0 Å². The van der Waals surface area contributed by atoms with Crippen LogP contribution in [0.25, 0.3) is 0 Å². The van der Waals surface area contributed by atoms with Gasteiger partial charge in [-0.1, -0.05) is 0 Å². The van der Waals surface area contributed by atoms with E-state index in [1.165, 1.54) is 24.0 Å². The topological polar surface area (TPSA) is 105 Å². The van der Waals surface area contributed by atoms with Gasteiger partial charge < -0.3 is 20.3 Å². The predicted octanol–water partition coefficient (Wildman–Crippen LogP) is 1.65. The SMILES string of the molecule is CCNC(=NCCC(O)(c1nccn1C)C(F)(F)F)NC1CCc2nc(C)nn2C1.I. The predicted molar refractivity (Wildman–Crippen MR) is 119 cm³/mol. The molecule has 31 heavy (non-hydrogen) atoms. The van der Waals surface area contributed by atoms with Gasteiger partial charge in [-0.25, -0.2) is 14.6 Å². The number of hydrogen-bond acceptors (Lipinski definition) is 5. The van der Waals surface area contributed by atoms with Crippen molar-refractivity contribution >= 4 is 29.9 Å². The van der Waals surface area contributed by atoms with Crippen molar-refractivity contribution in [1.82, 2.24) is 34.9 Å². The van der Waals surface area contributed by atoms with Crippen LogP contribution in [-0.4, -0.2) is 60.7 Å². The van der Waals surface area contributed by atoms with E-state index in [1.54, 1.807) is 0 Å². The molecular formula is C18H28F3IN8O. The number of halogens is 4. The third-order valence-electron chi connectivity index (χ3n) is 5.05. The normalized spacial score (nSPS) is 18.7. The first-order valence-corrected chi connectivity index (χ1v) is 9.86. The van der Waals surface area contributed by atoms with Crippen LogP contribution in [0.1, 0.15) is 37.2 Å². The highest BCUT2D eigenvalue weighted by atomic mass is 127. The lowest BCUT2D eigenvalue weighted by Gasteiger charge is -2.29. The molecule has 0 aliphatic carbocycles. The minimum absolute atomic E-state index is 0. The summed E-state index contributed by atoms with van der Waals surface area (Å²) in [5, 5.41) is 21.1. The number of rotatable bonds is 6. The smallest absolute Gasteiger partial charge is 0.374 e. The largest absolute Gasteiger partial charge is 0.424 e. The molecular weight excluding hydrogens is 528 g/mol. The lowest BCUT2D eigenvalue weighted by molar-refractivity contribution is -0.272. The molecule has 2 atom stereocenters. The maximum Gasteiger partial charge on any atom is 0.424 e. The summed E-state index contributed by atoms with van der Waals surface area (Å²) >= 11 is 0. The molecule has 0 aromatic carbocycles. The van der Waals surface area contributed by atoms with Gasteiger partial charge in [-0.3, -0.25) is 4.99 Å². The fourth-order valence-electron chi connectivity index (χ4n) is 3.54. The van der Waals surface area contributed by atoms with Crippen LogP contribution in [-0.2, 0) is 25.6 Å². The van der Waals surface area contributed by atoms with Crippen LogP contribution in [0.3, 0.4) is 0 Å². The Morgan fingerprint density at radius 3 is 2.74 bits per heavy atom. The van der Waals surface area contributed by atoms with Crippen molar-refractivity contribution < 1.29 is 18.3 Å². The van der Waals surface area contributed by atoms with E-state index in [9.17, 15) is 18.3 Å². The van der Waals surface area contributed by atoms with Crippen LogP contribution >= 0.6 is 24.0 Å². The Balaban J connectivity index is 0.00000341. The molecule has 0 amide bonds. The van der Waals surface area contributed by atoms with E-state index in [2.05, 4.69) is 30.7 Å². The molecule has 0 fully saturated rings. The van der Waals surface area contributed by atoms with Gasteiger partial charge in [-0.2, -0.15) is 18.3 Å². The Kier molecular flexibility index (Phi) is 8.30. The van der Waals surface area contributed by atoms with Crippen molar-refractivity contribution in [3.8, 4) is 0 Å². The van der Waals surface area contributed by atoms with Crippen LogP contribution in [0.2, 0.25) is 0 Å². The Hall–Kier alpha value is -1.90. The summed E-state index contributed by atoms with van der Waals surface area (Å²) in [6, 6.07) is 0.0208. The van der Waals surface area contributed by atoms with Gasteiger partial charge in [0.25, 0.3) is 0 Å². The molecule has 1 aliphatic heterocycles. The highest BCUT2D eigenvalue weighted by molar-refractivity contribution is 14.0. The Labute approximate surface area is 195 Å². The fraction of sp³-hybridized carbons (Fsp3) is 0.667. The summed E-state index contributed by atoms with van der Waals surface area (Å²) < 4.78 is 43.9. The average molecular weight is 556 g/mol. The molecule has 0 spiro atoms. The summed E-state index contributed by atoms with van der Waals surface area (Å²) in [6.07, 6.45) is -1.37. The second-order valence-corrected chi connectivity index (χ2v) is 7.37. The van der Waals surface area contributed by atoms with E-state index in [-0.39, 0.29) is 36.6 Å². The third kappa shape index (κ3) is 5.67. The molecule has 3 heterocycles. The number of imidazole rings is 1. The Morgan fingerprint density at radius 1 is 1.39 bits per heavy atom. The number of aliphatic imine (C=N–C) groups is 1. The summed E-state index contributed by atoms with van der Waals surface area (Å²) in [5.74, 6) is 1.58. The number of aromatic nitrogens is 5. The number of fused-ring (bicyclic) bond motifs is 1. The van der Waals surface area contributed by atoms with E-state index in [0.29, 0.717) is 24.9 Å². The molecule has 0 bridgehead atoms. The quantitative estimate of drug-likeness (QED) is 0.284. The summed E-state index contributed by atoms with van der Waals surface area (Å²) in [5.41, 5.74) is -3.08. The van der Waals surface area contributed by atoms with E-state index in [0.717, 1.165) is 18.7 Å². The van der Waals surface area contributed by atoms with E-state index >= 15 is 0 Å². The van der Waals surface area contributed by atoms with E-state index in [4.69, 9.17) is 0 Å². The molecule has 2 aromatic heterocycles. The lowest BCUT2D eigenvalue weighted by atomic mass is 9.98. The fourth-order valence-corrected chi connectivity index (χ4v) is 3.54. The second kappa shape index (κ2) is 10.1. The highest BCUT2D eigenvalue weighted by Gasteiger charge is 2.57. The van der Waals surface area contributed by atoms with Crippen LogP contribution < -0.4 is 10.6 Å². The van der Waals surface area contributed by atoms with Crippen molar-refractivity contribution in [2.24, 2.45) is 12.0 Å². The summed E-state index contributed by atoms with van der Waals surface area (Å²) in [4.78, 5) is 12.3. The Bertz CT molecular complexity index is 897. The molecule has 174 valence electrons. The van der Waals surface area contributed by atoms with E-state index in [1.807, 2.05) is 18.5 Å². The molecule has 3 N–H and O–H groups in total. The van der Waals surface area contributed by atoms with Crippen molar-refractivity contribution in [2.75, 3.05) is 13.1 Å². The summed E-state index contributed by atoms with van der Waals surface area (Å²) in [6.45, 7) is 4.62. The molecule has 3 rings (SSSR count). The molecule has 1 aliphatic rings. The van der Waals surface area contributed by atoms with Gasteiger partial charge >= 0.3 is 6.18 Å². The van der Waals surface area contributed by atoms with Crippen LogP contribution in [0.5, 0.6) is 0 Å². The van der Waals surface area contributed by atoms with Crippen LogP contribution in [0, 0.1) is 6.92 Å². The van der Waals surface area contributed by atoms with Gasteiger partial charge in [0.15, 0.2) is 5.96 Å². The van der Waals surface area contributed by atoms with Crippen molar-refractivity contribution in [3.05, 3.63) is 29.9 Å². The second-order valence-electron chi connectivity index (χ2n) is 7.37.